The molecule has 2 aromatic carbocycles. The molecule has 0 aliphatic rings. The van der Waals surface area contributed by atoms with Crippen molar-refractivity contribution < 1.29 is 19.4 Å². The quantitative estimate of drug-likeness (QED) is 0.909. The Kier molecular flexibility index (Phi) is 4.45. The first-order valence-electron chi connectivity index (χ1n) is 5.84. The molecule has 0 fully saturated rings. The summed E-state index contributed by atoms with van der Waals surface area (Å²) in [6, 6.07) is 11.2. The molecule has 0 aromatic heterocycles. The van der Waals surface area contributed by atoms with Crippen LogP contribution in [0.3, 0.4) is 0 Å². The van der Waals surface area contributed by atoms with E-state index < -0.39 is 5.97 Å². The molecule has 0 unspecified atom stereocenters. The summed E-state index contributed by atoms with van der Waals surface area (Å²) >= 11 is 3.27. The van der Waals surface area contributed by atoms with Gasteiger partial charge in [0.2, 0.25) is 0 Å². The molecule has 0 atom stereocenters. The third kappa shape index (κ3) is 3.33. The maximum atomic E-state index is 10.9. The van der Waals surface area contributed by atoms with Gasteiger partial charge in [0.1, 0.15) is 5.75 Å². The minimum Gasteiger partial charge on any atom is -0.493 e. The van der Waals surface area contributed by atoms with Crippen LogP contribution >= 0.6 is 15.9 Å². The van der Waals surface area contributed by atoms with Crippen LogP contribution < -0.4 is 9.47 Å². The summed E-state index contributed by atoms with van der Waals surface area (Å²) in [6.45, 7) is 0. The second-order valence-corrected chi connectivity index (χ2v) is 4.88. The van der Waals surface area contributed by atoms with Crippen LogP contribution in [0.25, 0.3) is 0 Å². The minimum atomic E-state index is -1.02. The van der Waals surface area contributed by atoms with Gasteiger partial charge in [-0.05, 0) is 46.3 Å². The molecule has 6 heteroatoms. The van der Waals surface area contributed by atoms with Crippen LogP contribution in [0.2, 0.25) is 0 Å². The van der Waals surface area contributed by atoms with E-state index >= 15 is 0 Å². The Morgan fingerprint density at radius 1 is 1.19 bits per heavy atom. The summed E-state index contributed by atoms with van der Waals surface area (Å²) < 4.78 is 11.4. The van der Waals surface area contributed by atoms with Crippen molar-refractivity contribution in [2.24, 2.45) is 0 Å². The topological polar surface area (TPSA) is 79.5 Å². The van der Waals surface area contributed by atoms with Crippen LogP contribution in [0, 0.1) is 11.3 Å². The van der Waals surface area contributed by atoms with Crippen molar-refractivity contribution in [2.75, 3.05) is 7.11 Å². The molecule has 0 spiro atoms. The lowest BCUT2D eigenvalue weighted by molar-refractivity contribution is 0.0697. The molecule has 21 heavy (non-hydrogen) atoms. The summed E-state index contributed by atoms with van der Waals surface area (Å²) in [7, 11) is 1.48. The van der Waals surface area contributed by atoms with Crippen molar-refractivity contribution in [2.45, 2.75) is 0 Å². The van der Waals surface area contributed by atoms with E-state index in [-0.39, 0.29) is 5.56 Å². The van der Waals surface area contributed by atoms with Gasteiger partial charge in [0.05, 0.1) is 28.8 Å². The number of benzene rings is 2. The molecule has 1 N–H and O–H groups in total. The molecule has 5 nitrogen and oxygen atoms in total. The number of carbonyl (C=O) groups is 1. The average Bonchev–Trinajstić information content (AvgIpc) is 2.49. The fraction of sp³-hybridized carbons (Fsp3) is 0.0667. The highest BCUT2D eigenvalue weighted by atomic mass is 79.9. The molecule has 0 amide bonds. The molecule has 0 aliphatic carbocycles. The zero-order valence-electron chi connectivity index (χ0n) is 11.0. The number of aromatic carboxylic acids is 1. The van der Waals surface area contributed by atoms with Crippen molar-refractivity contribution in [1.29, 1.82) is 5.26 Å². The smallest absolute Gasteiger partial charge is 0.335 e. The first-order valence-corrected chi connectivity index (χ1v) is 6.63. The fourth-order valence-corrected chi connectivity index (χ4v) is 2.12. The maximum Gasteiger partial charge on any atom is 0.335 e. The van der Waals surface area contributed by atoms with E-state index in [0.717, 1.165) is 0 Å². The molecule has 2 aromatic rings. The number of nitrogens with zero attached hydrogens (tertiary/aromatic N) is 1. The second-order valence-electron chi connectivity index (χ2n) is 4.03. The first-order chi connectivity index (χ1) is 10.0. The monoisotopic (exact) mass is 347 g/mol. The van der Waals surface area contributed by atoms with E-state index in [0.29, 0.717) is 27.3 Å². The third-order valence-electron chi connectivity index (χ3n) is 2.69. The lowest BCUT2D eigenvalue weighted by Crippen LogP contribution is -1.97. The zero-order valence-corrected chi connectivity index (χ0v) is 12.5. The van der Waals surface area contributed by atoms with E-state index in [1.165, 1.54) is 19.2 Å². The number of halogens is 1. The molecule has 0 heterocycles. The zero-order chi connectivity index (χ0) is 15.4. The van der Waals surface area contributed by atoms with E-state index in [1.807, 2.05) is 6.07 Å². The van der Waals surface area contributed by atoms with Crippen LogP contribution in [0.4, 0.5) is 0 Å². The predicted molar refractivity (Wildman–Crippen MR) is 78.9 cm³/mol. The average molecular weight is 348 g/mol. The summed E-state index contributed by atoms with van der Waals surface area (Å²) in [6.07, 6.45) is 0. The Hall–Kier alpha value is -2.52. The van der Waals surface area contributed by atoms with Crippen molar-refractivity contribution in [3.8, 4) is 23.3 Å². The van der Waals surface area contributed by atoms with E-state index in [9.17, 15) is 4.79 Å². The van der Waals surface area contributed by atoms with E-state index in [4.69, 9.17) is 19.8 Å². The number of hydrogen-bond donors (Lipinski definition) is 1. The van der Waals surface area contributed by atoms with Gasteiger partial charge in [0, 0.05) is 6.07 Å². The molecular weight excluding hydrogens is 338 g/mol. The van der Waals surface area contributed by atoms with Crippen LogP contribution in [0.15, 0.2) is 40.9 Å². The van der Waals surface area contributed by atoms with Gasteiger partial charge in [-0.15, -0.1) is 0 Å². The molecule has 106 valence electrons. The number of carboxylic acids is 1. The highest BCUT2D eigenvalue weighted by molar-refractivity contribution is 9.10. The molecule has 2 rings (SSSR count). The number of carboxylic acid groups (broad SMARTS) is 1. The van der Waals surface area contributed by atoms with Gasteiger partial charge in [-0.2, -0.15) is 5.26 Å². The van der Waals surface area contributed by atoms with Crippen LogP contribution in [-0.2, 0) is 0 Å². The normalized spacial score (nSPS) is 9.76. The van der Waals surface area contributed by atoms with Gasteiger partial charge in [0.25, 0.3) is 0 Å². The van der Waals surface area contributed by atoms with Gasteiger partial charge < -0.3 is 14.6 Å². The minimum absolute atomic E-state index is 0.154. The fourth-order valence-electron chi connectivity index (χ4n) is 1.66. The number of rotatable bonds is 4. The van der Waals surface area contributed by atoms with Gasteiger partial charge in [-0.3, -0.25) is 0 Å². The van der Waals surface area contributed by atoms with E-state index in [2.05, 4.69) is 15.9 Å². The number of ether oxygens (including phenoxy) is 2. The highest BCUT2D eigenvalue weighted by Crippen LogP contribution is 2.36. The standard InChI is InChI=1S/C15H10BrNO4/c1-20-14-6-9(8-17)2-4-13(14)21-12-5-3-10(15(18)19)7-11(12)16/h2-7H,1H3,(H,18,19). The first kappa shape index (κ1) is 14.9. The Morgan fingerprint density at radius 3 is 2.48 bits per heavy atom. The summed E-state index contributed by atoms with van der Waals surface area (Å²) in [4.78, 5) is 10.9. The lowest BCUT2D eigenvalue weighted by atomic mass is 10.2. The van der Waals surface area contributed by atoms with E-state index in [1.54, 1.807) is 24.3 Å². The van der Waals surface area contributed by atoms with Crippen molar-refractivity contribution in [3.63, 3.8) is 0 Å². The van der Waals surface area contributed by atoms with Gasteiger partial charge in [-0.25, -0.2) is 4.79 Å². The van der Waals surface area contributed by atoms with Crippen molar-refractivity contribution >= 4 is 21.9 Å². The molecule has 0 aliphatic heterocycles. The van der Waals surface area contributed by atoms with Crippen LogP contribution in [-0.4, -0.2) is 18.2 Å². The Morgan fingerprint density at radius 2 is 1.90 bits per heavy atom. The van der Waals surface area contributed by atoms with Crippen molar-refractivity contribution in [3.05, 3.63) is 52.0 Å². The summed E-state index contributed by atoms with van der Waals surface area (Å²) in [5.74, 6) is 0.282. The molecule has 0 saturated heterocycles. The Labute approximate surface area is 129 Å². The van der Waals surface area contributed by atoms with Gasteiger partial charge in [-0.1, -0.05) is 0 Å². The third-order valence-corrected chi connectivity index (χ3v) is 3.31. The number of nitriles is 1. The molecule has 0 saturated carbocycles. The predicted octanol–water partition coefficient (Wildman–Crippen LogP) is 3.82. The maximum absolute atomic E-state index is 10.9. The SMILES string of the molecule is COc1cc(C#N)ccc1Oc1ccc(C(=O)O)cc1Br. The van der Waals surface area contributed by atoms with Gasteiger partial charge in [0.15, 0.2) is 11.5 Å². The van der Waals surface area contributed by atoms with Gasteiger partial charge >= 0.3 is 5.97 Å². The second kappa shape index (κ2) is 6.29. The largest absolute Gasteiger partial charge is 0.493 e. The molecule has 0 bridgehead atoms. The lowest BCUT2D eigenvalue weighted by Gasteiger charge is -2.12. The number of hydrogen-bond acceptors (Lipinski definition) is 4. The highest BCUT2D eigenvalue weighted by Gasteiger charge is 2.11. The van der Waals surface area contributed by atoms with Crippen LogP contribution in [0.5, 0.6) is 17.2 Å². The molecular formula is C15H10BrNO4. The molecule has 0 radical (unpaired) electrons. The number of methoxy groups -OCH3 is 1. The summed E-state index contributed by atoms with van der Waals surface area (Å²) in [5, 5.41) is 17.8. The Bertz CT molecular complexity index is 737. The Balaban J connectivity index is 2.34. The van der Waals surface area contributed by atoms with Crippen LogP contribution in [0.1, 0.15) is 15.9 Å². The van der Waals surface area contributed by atoms with Crippen molar-refractivity contribution in [1.82, 2.24) is 0 Å². The summed E-state index contributed by atoms with van der Waals surface area (Å²) in [5.41, 5.74) is 0.612.